The number of hydrogen-bond acceptors (Lipinski definition) is 5. The van der Waals surface area contributed by atoms with Gasteiger partial charge in [-0.15, -0.1) is 0 Å². The molecule has 5 nitrogen and oxygen atoms in total. The van der Waals surface area contributed by atoms with E-state index < -0.39 is 6.10 Å². The van der Waals surface area contributed by atoms with Crippen molar-refractivity contribution in [1.82, 2.24) is 0 Å². The molecule has 0 aliphatic carbocycles. The van der Waals surface area contributed by atoms with Crippen LogP contribution in [0, 0.1) is 0 Å². The molecular weight excluding hydrogens is 789 g/mol. The van der Waals surface area contributed by atoms with Crippen molar-refractivity contribution in [2.24, 2.45) is 0 Å². The van der Waals surface area contributed by atoms with Gasteiger partial charge in [0.25, 0.3) is 0 Å². The Bertz CT molecular complexity index is 1230. The fraction of sp³-hybridized carbons (Fsp3) is 0.695. The van der Waals surface area contributed by atoms with Crippen LogP contribution in [0.2, 0.25) is 0 Å². The van der Waals surface area contributed by atoms with Crippen LogP contribution in [0.5, 0.6) is 0 Å². The van der Waals surface area contributed by atoms with E-state index in [0.717, 1.165) is 83.5 Å². The minimum Gasteiger partial charge on any atom is -0.462 e. The number of ether oxygens (including phenoxy) is 3. The number of carbonyl (C=O) groups is 2. The first-order valence-electron chi connectivity index (χ1n) is 26.8. The average Bonchev–Trinajstić information content (AvgIpc) is 3.30. The molecule has 0 aromatic carbocycles. The molecule has 0 rings (SSSR count). The largest absolute Gasteiger partial charge is 0.462 e. The van der Waals surface area contributed by atoms with Crippen molar-refractivity contribution in [2.45, 2.75) is 245 Å². The van der Waals surface area contributed by atoms with Gasteiger partial charge in [-0.3, -0.25) is 9.59 Å². The lowest BCUT2D eigenvalue weighted by molar-refractivity contribution is -0.162. The zero-order chi connectivity index (χ0) is 46.3. The summed E-state index contributed by atoms with van der Waals surface area (Å²) in [6.45, 7) is 7.50. The van der Waals surface area contributed by atoms with Gasteiger partial charge in [0.05, 0.1) is 6.61 Å². The smallest absolute Gasteiger partial charge is 0.306 e. The molecule has 0 aliphatic rings. The predicted octanol–water partition coefficient (Wildman–Crippen LogP) is 18.2. The summed E-state index contributed by atoms with van der Waals surface area (Å²) < 4.78 is 17.3. The maximum Gasteiger partial charge on any atom is 0.306 e. The van der Waals surface area contributed by atoms with Crippen LogP contribution in [-0.4, -0.2) is 37.9 Å². The standard InChI is InChI=1S/C59H100O5/c1-4-7-10-13-16-19-22-25-27-29-30-31-32-35-37-40-43-46-49-52-58(60)63-56-57(64-59(61)53-50-47-44-41-38-34-24-21-18-15-12-9-6-3)55-62-54-51-48-45-42-39-36-33-28-26-23-20-17-14-11-8-5-2/h8-9,11-12,17-18,20-21,25-28,34,38,44,47,57H,4-7,10,13-16,19,22-24,29-33,35-37,39-43,45-46,48-56H2,1-3H3/b11-8-,12-9-,20-17-,21-18-,27-25-,28-26-,38-34-,47-44-. The number of allylic oxidation sites excluding steroid dienone is 16. The Morgan fingerprint density at radius 3 is 1.20 bits per heavy atom. The Morgan fingerprint density at radius 1 is 0.359 bits per heavy atom. The number of carbonyl (C=O) groups excluding carboxylic acids is 2. The van der Waals surface area contributed by atoms with E-state index in [2.05, 4.69) is 112 Å². The van der Waals surface area contributed by atoms with E-state index in [-0.39, 0.29) is 25.2 Å². The van der Waals surface area contributed by atoms with Gasteiger partial charge >= 0.3 is 11.9 Å². The molecule has 0 fully saturated rings. The van der Waals surface area contributed by atoms with Crippen LogP contribution in [0.3, 0.4) is 0 Å². The summed E-state index contributed by atoms with van der Waals surface area (Å²) >= 11 is 0. The Hall–Kier alpha value is -3.18. The molecule has 0 aromatic heterocycles. The highest BCUT2D eigenvalue weighted by Gasteiger charge is 2.17. The third kappa shape index (κ3) is 51.5. The van der Waals surface area contributed by atoms with Crippen molar-refractivity contribution in [3.63, 3.8) is 0 Å². The van der Waals surface area contributed by atoms with Gasteiger partial charge in [0.15, 0.2) is 6.10 Å². The van der Waals surface area contributed by atoms with Crippen LogP contribution < -0.4 is 0 Å². The summed E-state index contributed by atoms with van der Waals surface area (Å²) in [5, 5.41) is 0. The average molecular weight is 889 g/mol. The maximum absolute atomic E-state index is 12.8. The molecule has 1 unspecified atom stereocenters. The van der Waals surface area contributed by atoms with Gasteiger partial charge in [-0.05, 0) is 103 Å². The van der Waals surface area contributed by atoms with Gasteiger partial charge in [-0.2, -0.15) is 0 Å². The third-order valence-electron chi connectivity index (χ3n) is 11.1. The Balaban J connectivity index is 4.34. The summed E-state index contributed by atoms with van der Waals surface area (Å²) in [6, 6.07) is 0. The number of rotatable bonds is 48. The molecule has 64 heavy (non-hydrogen) atoms. The molecule has 0 N–H and O–H groups in total. The molecule has 0 saturated carbocycles. The van der Waals surface area contributed by atoms with Crippen LogP contribution in [0.4, 0.5) is 0 Å². The lowest BCUT2D eigenvalue weighted by Gasteiger charge is -2.18. The SMILES string of the molecule is CC/C=C\C/C=C\C/C=C\C/C=C\CCC(=O)OC(COCCCCCCCC/C=C\C/C=C\C/C=C\CC)COC(=O)CCCCCCCCCCC/C=C\CCCCCCCC. The van der Waals surface area contributed by atoms with E-state index in [0.29, 0.717) is 25.9 Å². The molecule has 1 atom stereocenters. The van der Waals surface area contributed by atoms with Crippen LogP contribution in [0.25, 0.3) is 0 Å². The molecular formula is C59H100O5. The summed E-state index contributed by atoms with van der Waals surface area (Å²) in [5.74, 6) is -0.501. The molecule has 366 valence electrons. The summed E-state index contributed by atoms with van der Waals surface area (Å²) in [5.41, 5.74) is 0. The lowest BCUT2D eigenvalue weighted by atomic mass is 10.1. The van der Waals surface area contributed by atoms with Gasteiger partial charge in [-0.1, -0.05) is 221 Å². The lowest BCUT2D eigenvalue weighted by Crippen LogP contribution is -2.30. The monoisotopic (exact) mass is 889 g/mol. The van der Waals surface area contributed by atoms with Gasteiger partial charge in [0, 0.05) is 19.4 Å². The second-order valence-corrected chi connectivity index (χ2v) is 17.4. The normalized spacial score (nSPS) is 13.0. The van der Waals surface area contributed by atoms with Gasteiger partial charge in [0.1, 0.15) is 6.61 Å². The van der Waals surface area contributed by atoms with Crippen molar-refractivity contribution in [2.75, 3.05) is 19.8 Å². The molecule has 0 spiro atoms. The van der Waals surface area contributed by atoms with Crippen molar-refractivity contribution in [3.05, 3.63) is 97.2 Å². The summed E-state index contributed by atoms with van der Waals surface area (Å²) in [7, 11) is 0. The van der Waals surface area contributed by atoms with Gasteiger partial charge < -0.3 is 14.2 Å². The molecule has 0 aromatic rings. The molecule has 0 heterocycles. The molecule has 0 bridgehead atoms. The van der Waals surface area contributed by atoms with Crippen molar-refractivity contribution in [1.29, 1.82) is 0 Å². The van der Waals surface area contributed by atoms with Crippen LogP contribution in [0.1, 0.15) is 239 Å². The zero-order valence-electron chi connectivity index (χ0n) is 42.0. The molecule has 0 amide bonds. The topological polar surface area (TPSA) is 61.8 Å². The molecule has 0 radical (unpaired) electrons. The van der Waals surface area contributed by atoms with Crippen molar-refractivity contribution >= 4 is 11.9 Å². The predicted molar refractivity (Wildman–Crippen MR) is 279 cm³/mol. The highest BCUT2D eigenvalue weighted by Crippen LogP contribution is 2.14. The van der Waals surface area contributed by atoms with Crippen molar-refractivity contribution < 1.29 is 23.8 Å². The first-order valence-corrected chi connectivity index (χ1v) is 26.8. The van der Waals surface area contributed by atoms with E-state index in [1.165, 1.54) is 116 Å². The highest BCUT2D eigenvalue weighted by molar-refractivity contribution is 5.70. The second-order valence-electron chi connectivity index (χ2n) is 17.4. The Morgan fingerprint density at radius 2 is 0.734 bits per heavy atom. The van der Waals surface area contributed by atoms with Gasteiger partial charge in [0.2, 0.25) is 0 Å². The molecule has 0 saturated heterocycles. The van der Waals surface area contributed by atoms with Gasteiger partial charge in [-0.25, -0.2) is 0 Å². The van der Waals surface area contributed by atoms with E-state index in [1.807, 2.05) is 6.08 Å². The first-order chi connectivity index (χ1) is 31.6. The first kappa shape index (κ1) is 60.8. The Labute approximate surface area is 396 Å². The summed E-state index contributed by atoms with van der Waals surface area (Å²) in [4.78, 5) is 25.4. The third-order valence-corrected chi connectivity index (χ3v) is 11.1. The minimum atomic E-state index is -0.587. The quantitative estimate of drug-likeness (QED) is 0.0346. The van der Waals surface area contributed by atoms with E-state index in [9.17, 15) is 9.59 Å². The van der Waals surface area contributed by atoms with E-state index in [1.54, 1.807) is 0 Å². The number of unbranched alkanes of at least 4 members (excludes halogenated alkanes) is 21. The summed E-state index contributed by atoms with van der Waals surface area (Å²) in [6.07, 6.45) is 72.9. The van der Waals surface area contributed by atoms with Crippen LogP contribution in [-0.2, 0) is 23.8 Å². The zero-order valence-corrected chi connectivity index (χ0v) is 42.0. The van der Waals surface area contributed by atoms with Crippen molar-refractivity contribution in [3.8, 4) is 0 Å². The molecule has 0 aliphatic heterocycles. The van der Waals surface area contributed by atoms with Crippen LogP contribution >= 0.6 is 0 Å². The van der Waals surface area contributed by atoms with Crippen LogP contribution in [0.15, 0.2) is 97.2 Å². The fourth-order valence-electron chi connectivity index (χ4n) is 7.18. The molecule has 5 heteroatoms. The second kappa shape index (κ2) is 54.2. The highest BCUT2D eigenvalue weighted by atomic mass is 16.6. The van der Waals surface area contributed by atoms with E-state index in [4.69, 9.17) is 14.2 Å². The fourth-order valence-corrected chi connectivity index (χ4v) is 7.18. The minimum absolute atomic E-state index is 0.0461. The Kier molecular flexibility index (Phi) is 51.5. The number of esters is 2. The van der Waals surface area contributed by atoms with E-state index >= 15 is 0 Å². The number of hydrogen-bond donors (Lipinski definition) is 0. The maximum atomic E-state index is 12.8.